The number of thiophene rings is 1. The van der Waals surface area contributed by atoms with E-state index in [2.05, 4.69) is 16.7 Å². The molecule has 19 heavy (non-hydrogen) atoms. The molecule has 0 radical (unpaired) electrons. The highest BCUT2D eigenvalue weighted by Gasteiger charge is 2.12. The van der Waals surface area contributed by atoms with Crippen molar-refractivity contribution >= 4 is 27.5 Å². The molecule has 0 amide bonds. The molecule has 0 saturated carbocycles. The molecule has 0 unspecified atom stereocenters. The highest BCUT2D eigenvalue weighted by molar-refractivity contribution is 7.16. The van der Waals surface area contributed by atoms with Crippen LogP contribution in [0, 0.1) is 0 Å². The van der Waals surface area contributed by atoms with Gasteiger partial charge in [-0.05, 0) is 22.6 Å². The summed E-state index contributed by atoms with van der Waals surface area (Å²) < 4.78 is 2.13. The first kappa shape index (κ1) is 12.0. The van der Waals surface area contributed by atoms with E-state index in [1.165, 1.54) is 5.56 Å². The molecule has 96 valence electrons. The van der Waals surface area contributed by atoms with Gasteiger partial charge >= 0.3 is 5.97 Å². The molecule has 4 heteroatoms. The number of aliphatic carboxylic acids is 1. The number of aromatic nitrogens is 1. The maximum Gasteiger partial charge on any atom is 0.307 e. The lowest BCUT2D eigenvalue weighted by molar-refractivity contribution is -0.136. The van der Waals surface area contributed by atoms with E-state index in [0.29, 0.717) is 0 Å². The molecule has 0 aliphatic carbocycles. The molecule has 1 aromatic carbocycles. The SMILES string of the molecule is O=C(O)Cc1cn(Cc2ccccc2)c2sccc12. The Labute approximate surface area is 114 Å². The summed E-state index contributed by atoms with van der Waals surface area (Å²) in [5, 5.41) is 12.0. The van der Waals surface area contributed by atoms with E-state index in [1.807, 2.05) is 35.8 Å². The summed E-state index contributed by atoms with van der Waals surface area (Å²) in [6.45, 7) is 0.775. The fourth-order valence-corrected chi connectivity index (χ4v) is 3.20. The van der Waals surface area contributed by atoms with Crippen molar-refractivity contribution in [1.29, 1.82) is 0 Å². The van der Waals surface area contributed by atoms with Gasteiger partial charge in [0, 0.05) is 18.1 Å². The quantitative estimate of drug-likeness (QED) is 0.790. The molecule has 3 aromatic rings. The van der Waals surface area contributed by atoms with Crippen LogP contribution in [0.5, 0.6) is 0 Å². The Morgan fingerprint density at radius 1 is 1.21 bits per heavy atom. The molecular formula is C15H13NO2S. The number of hydrogen-bond acceptors (Lipinski definition) is 2. The lowest BCUT2D eigenvalue weighted by atomic mass is 10.2. The smallest absolute Gasteiger partial charge is 0.307 e. The molecular weight excluding hydrogens is 258 g/mol. The topological polar surface area (TPSA) is 42.2 Å². The molecule has 0 bridgehead atoms. The Kier molecular flexibility index (Phi) is 3.09. The van der Waals surface area contributed by atoms with Gasteiger partial charge in [0.15, 0.2) is 0 Å². The average molecular weight is 271 g/mol. The van der Waals surface area contributed by atoms with Crippen molar-refractivity contribution in [2.24, 2.45) is 0 Å². The van der Waals surface area contributed by atoms with E-state index in [9.17, 15) is 4.79 Å². The summed E-state index contributed by atoms with van der Waals surface area (Å²) in [5.74, 6) is -0.787. The molecule has 2 heterocycles. The van der Waals surface area contributed by atoms with Crippen LogP contribution in [-0.2, 0) is 17.8 Å². The Morgan fingerprint density at radius 3 is 2.74 bits per heavy atom. The normalized spacial score (nSPS) is 10.9. The lowest BCUT2D eigenvalue weighted by Crippen LogP contribution is -2.00. The minimum absolute atomic E-state index is 0.0784. The second-order valence-electron chi connectivity index (χ2n) is 4.48. The summed E-state index contributed by atoms with van der Waals surface area (Å²) in [5.41, 5.74) is 2.11. The monoisotopic (exact) mass is 271 g/mol. The van der Waals surface area contributed by atoms with Crippen molar-refractivity contribution < 1.29 is 9.90 Å². The number of rotatable bonds is 4. The molecule has 0 saturated heterocycles. The number of fused-ring (bicyclic) bond motifs is 1. The second-order valence-corrected chi connectivity index (χ2v) is 5.37. The molecule has 0 spiro atoms. The van der Waals surface area contributed by atoms with Crippen molar-refractivity contribution in [2.45, 2.75) is 13.0 Å². The predicted octanol–water partition coefficient (Wildman–Crippen LogP) is 3.38. The fourth-order valence-electron chi connectivity index (χ4n) is 2.29. The van der Waals surface area contributed by atoms with Crippen LogP contribution >= 0.6 is 11.3 Å². The third-order valence-corrected chi connectivity index (χ3v) is 4.05. The minimum atomic E-state index is -0.787. The minimum Gasteiger partial charge on any atom is -0.481 e. The third-order valence-electron chi connectivity index (χ3n) is 3.10. The van der Waals surface area contributed by atoms with Gasteiger partial charge in [0.2, 0.25) is 0 Å². The van der Waals surface area contributed by atoms with Gasteiger partial charge in [-0.3, -0.25) is 4.79 Å². The molecule has 3 rings (SSSR count). The van der Waals surface area contributed by atoms with Crippen LogP contribution in [0.25, 0.3) is 10.2 Å². The Hall–Kier alpha value is -2.07. The highest BCUT2D eigenvalue weighted by atomic mass is 32.1. The van der Waals surface area contributed by atoms with Gasteiger partial charge < -0.3 is 9.67 Å². The van der Waals surface area contributed by atoms with E-state index in [-0.39, 0.29) is 6.42 Å². The number of hydrogen-bond donors (Lipinski definition) is 1. The second kappa shape index (κ2) is 4.90. The van der Waals surface area contributed by atoms with Gasteiger partial charge in [0.05, 0.1) is 6.42 Å². The van der Waals surface area contributed by atoms with Crippen molar-refractivity contribution in [3.05, 3.63) is 59.1 Å². The van der Waals surface area contributed by atoms with Crippen molar-refractivity contribution in [3.63, 3.8) is 0 Å². The molecule has 2 aromatic heterocycles. The maximum absolute atomic E-state index is 10.9. The average Bonchev–Trinajstić information content (AvgIpc) is 2.96. The summed E-state index contributed by atoms with van der Waals surface area (Å²) >= 11 is 1.65. The highest BCUT2D eigenvalue weighted by Crippen LogP contribution is 2.27. The van der Waals surface area contributed by atoms with E-state index < -0.39 is 5.97 Å². The molecule has 0 fully saturated rings. The first-order chi connectivity index (χ1) is 9.24. The summed E-state index contributed by atoms with van der Waals surface area (Å²) in [7, 11) is 0. The Balaban J connectivity index is 1.99. The summed E-state index contributed by atoms with van der Waals surface area (Å²) in [6.07, 6.45) is 2.04. The molecule has 0 aliphatic heterocycles. The first-order valence-corrected chi connectivity index (χ1v) is 6.93. The number of benzene rings is 1. The van der Waals surface area contributed by atoms with Gasteiger partial charge in [0.25, 0.3) is 0 Å². The van der Waals surface area contributed by atoms with E-state index in [0.717, 1.165) is 22.3 Å². The summed E-state index contributed by atoms with van der Waals surface area (Å²) in [6, 6.07) is 12.2. The largest absolute Gasteiger partial charge is 0.481 e. The van der Waals surface area contributed by atoms with Crippen molar-refractivity contribution in [2.75, 3.05) is 0 Å². The molecule has 1 N–H and O–H groups in total. The van der Waals surface area contributed by atoms with E-state index in [4.69, 9.17) is 5.11 Å². The van der Waals surface area contributed by atoms with Gasteiger partial charge in [-0.25, -0.2) is 0 Å². The van der Waals surface area contributed by atoms with Crippen LogP contribution in [0.3, 0.4) is 0 Å². The van der Waals surface area contributed by atoms with E-state index in [1.54, 1.807) is 11.3 Å². The van der Waals surface area contributed by atoms with E-state index >= 15 is 0 Å². The van der Waals surface area contributed by atoms with Crippen molar-refractivity contribution in [1.82, 2.24) is 4.57 Å². The van der Waals surface area contributed by atoms with Crippen LogP contribution in [0.1, 0.15) is 11.1 Å². The van der Waals surface area contributed by atoms with Gasteiger partial charge in [-0.15, -0.1) is 11.3 Å². The van der Waals surface area contributed by atoms with Crippen LogP contribution in [0.2, 0.25) is 0 Å². The van der Waals surface area contributed by atoms with Gasteiger partial charge in [-0.2, -0.15) is 0 Å². The fraction of sp³-hybridized carbons (Fsp3) is 0.133. The third kappa shape index (κ3) is 2.39. The van der Waals surface area contributed by atoms with Gasteiger partial charge in [0.1, 0.15) is 4.83 Å². The Bertz CT molecular complexity index is 712. The zero-order chi connectivity index (χ0) is 13.2. The van der Waals surface area contributed by atoms with Crippen molar-refractivity contribution in [3.8, 4) is 0 Å². The zero-order valence-corrected chi connectivity index (χ0v) is 11.1. The van der Waals surface area contributed by atoms with Crippen LogP contribution < -0.4 is 0 Å². The van der Waals surface area contributed by atoms with Gasteiger partial charge in [-0.1, -0.05) is 30.3 Å². The molecule has 0 aliphatic rings. The molecule has 0 atom stereocenters. The first-order valence-electron chi connectivity index (χ1n) is 6.05. The maximum atomic E-state index is 10.9. The van der Waals surface area contributed by atoms with Crippen LogP contribution in [0.15, 0.2) is 48.0 Å². The number of nitrogens with zero attached hydrogens (tertiary/aromatic N) is 1. The number of carboxylic acids is 1. The zero-order valence-electron chi connectivity index (χ0n) is 10.2. The summed E-state index contributed by atoms with van der Waals surface area (Å²) in [4.78, 5) is 12.0. The number of carbonyl (C=O) groups is 1. The Morgan fingerprint density at radius 2 is 2.00 bits per heavy atom. The van der Waals surface area contributed by atoms with Crippen LogP contribution in [-0.4, -0.2) is 15.6 Å². The standard InChI is InChI=1S/C15H13NO2S/c17-14(18)8-12-10-16(15-13(12)6-7-19-15)9-11-4-2-1-3-5-11/h1-7,10H,8-9H2,(H,17,18). The lowest BCUT2D eigenvalue weighted by Gasteiger charge is -2.03. The number of carboxylic acid groups (broad SMARTS) is 1. The molecule has 3 nitrogen and oxygen atoms in total. The van der Waals surface area contributed by atoms with Crippen LogP contribution in [0.4, 0.5) is 0 Å². The predicted molar refractivity (Wildman–Crippen MR) is 76.7 cm³/mol.